The fraction of sp³-hybridized carbons (Fsp3) is 0.222. The third kappa shape index (κ3) is 5.53. The molecule has 0 unspecified atom stereocenters. The Labute approximate surface area is 173 Å². The maximum Gasteiger partial charge on any atom is 0.191 e. The molecule has 1 aromatic carbocycles. The first-order chi connectivity index (χ1) is 12.3. The van der Waals surface area contributed by atoms with E-state index in [2.05, 4.69) is 38.1 Å². The Morgan fingerprint density at radius 2 is 2.19 bits per heavy atom. The van der Waals surface area contributed by atoms with Crippen molar-refractivity contribution in [1.82, 2.24) is 20.2 Å². The molecule has 0 amide bonds. The molecule has 0 saturated carbocycles. The molecule has 5 nitrogen and oxygen atoms in total. The number of guanidine groups is 1. The molecule has 0 spiro atoms. The summed E-state index contributed by atoms with van der Waals surface area (Å²) in [5.74, 6) is 0.425. The van der Waals surface area contributed by atoms with Crippen LogP contribution < -0.4 is 10.6 Å². The third-order valence-corrected chi connectivity index (χ3v) is 4.66. The zero-order chi connectivity index (χ0) is 17.5. The molecule has 0 fully saturated rings. The molecule has 3 rings (SSSR count). The van der Waals surface area contributed by atoms with E-state index in [0.717, 1.165) is 18.5 Å². The Bertz CT molecular complexity index is 818. The summed E-state index contributed by atoms with van der Waals surface area (Å²) in [6.45, 7) is 1.30. The number of nitrogens with one attached hydrogen (secondary N) is 2. The largest absolute Gasteiger partial charge is 0.356 e. The monoisotopic (exact) mass is 485 g/mol. The van der Waals surface area contributed by atoms with Crippen LogP contribution in [-0.2, 0) is 13.0 Å². The maximum absolute atomic E-state index is 14.3. The van der Waals surface area contributed by atoms with Gasteiger partial charge in [0.15, 0.2) is 5.96 Å². The van der Waals surface area contributed by atoms with Gasteiger partial charge in [-0.05, 0) is 35.6 Å². The predicted molar refractivity (Wildman–Crippen MR) is 115 cm³/mol. The lowest BCUT2D eigenvalue weighted by atomic mass is 10.2. The van der Waals surface area contributed by atoms with E-state index in [1.165, 1.54) is 10.9 Å². The van der Waals surface area contributed by atoms with E-state index in [-0.39, 0.29) is 29.8 Å². The minimum atomic E-state index is -0.280. The SMILES string of the molecule is CN=C(NCCc1cccs1)NCc1ccc(-n2ccnc2)c(F)c1.I. The number of nitrogens with zero attached hydrogens (tertiary/aromatic N) is 3. The van der Waals surface area contributed by atoms with Gasteiger partial charge in [-0.1, -0.05) is 12.1 Å². The number of aromatic nitrogens is 2. The highest BCUT2D eigenvalue weighted by molar-refractivity contribution is 14.0. The third-order valence-electron chi connectivity index (χ3n) is 3.72. The normalized spacial score (nSPS) is 11.1. The number of hydrogen-bond acceptors (Lipinski definition) is 3. The second kappa shape index (κ2) is 10.3. The molecule has 3 aromatic rings. The minimum Gasteiger partial charge on any atom is -0.356 e. The molecule has 0 bridgehead atoms. The summed E-state index contributed by atoms with van der Waals surface area (Å²) in [5, 5.41) is 8.54. The lowest BCUT2D eigenvalue weighted by molar-refractivity contribution is 0.615. The number of benzene rings is 1. The molecule has 0 aliphatic carbocycles. The standard InChI is InChI=1S/C18H20FN5S.HI/c1-20-18(22-7-6-15-3-2-10-25-15)23-12-14-4-5-17(16(19)11-14)24-9-8-21-13-24;/h2-5,8-11,13H,6-7,12H2,1H3,(H2,20,22,23);1H. The van der Waals surface area contributed by atoms with Crippen molar-refractivity contribution in [3.8, 4) is 5.69 Å². The first-order valence-corrected chi connectivity index (χ1v) is 8.88. The van der Waals surface area contributed by atoms with Crippen molar-refractivity contribution in [2.45, 2.75) is 13.0 Å². The van der Waals surface area contributed by atoms with Crippen molar-refractivity contribution in [2.75, 3.05) is 13.6 Å². The molecular weight excluding hydrogens is 464 g/mol. The second-order valence-electron chi connectivity index (χ2n) is 5.44. The van der Waals surface area contributed by atoms with Gasteiger partial charge in [0.1, 0.15) is 5.82 Å². The van der Waals surface area contributed by atoms with Gasteiger partial charge in [0.25, 0.3) is 0 Å². The van der Waals surface area contributed by atoms with Gasteiger partial charge in [-0.15, -0.1) is 35.3 Å². The van der Waals surface area contributed by atoms with E-state index >= 15 is 0 Å². The molecule has 8 heteroatoms. The maximum atomic E-state index is 14.3. The average Bonchev–Trinajstić information content (AvgIpc) is 3.31. The molecule has 0 saturated heterocycles. The summed E-state index contributed by atoms with van der Waals surface area (Å²) in [7, 11) is 1.73. The van der Waals surface area contributed by atoms with Gasteiger partial charge in [0.2, 0.25) is 0 Å². The van der Waals surface area contributed by atoms with E-state index in [4.69, 9.17) is 0 Å². The summed E-state index contributed by atoms with van der Waals surface area (Å²) in [5.41, 5.74) is 1.34. The zero-order valence-electron chi connectivity index (χ0n) is 14.4. The fourth-order valence-electron chi connectivity index (χ4n) is 2.44. The Balaban J connectivity index is 0.00000243. The first-order valence-electron chi connectivity index (χ1n) is 8.00. The van der Waals surface area contributed by atoms with Crippen LogP contribution in [0.1, 0.15) is 10.4 Å². The highest BCUT2D eigenvalue weighted by atomic mass is 127. The zero-order valence-corrected chi connectivity index (χ0v) is 17.5. The van der Waals surface area contributed by atoms with Crippen molar-refractivity contribution < 1.29 is 4.39 Å². The molecule has 26 heavy (non-hydrogen) atoms. The summed E-state index contributed by atoms with van der Waals surface area (Å²) in [4.78, 5) is 9.47. The van der Waals surface area contributed by atoms with Crippen molar-refractivity contribution >= 4 is 41.3 Å². The Morgan fingerprint density at radius 1 is 1.31 bits per heavy atom. The molecular formula is C18H21FIN5S. The molecule has 0 atom stereocenters. The van der Waals surface area contributed by atoms with Crippen molar-refractivity contribution in [2.24, 2.45) is 4.99 Å². The van der Waals surface area contributed by atoms with E-state index in [9.17, 15) is 4.39 Å². The van der Waals surface area contributed by atoms with E-state index in [1.54, 1.807) is 47.7 Å². The van der Waals surface area contributed by atoms with Crippen LogP contribution in [0.4, 0.5) is 4.39 Å². The van der Waals surface area contributed by atoms with Gasteiger partial charge < -0.3 is 15.2 Å². The first kappa shape index (κ1) is 20.4. The van der Waals surface area contributed by atoms with Gasteiger partial charge in [0.05, 0.1) is 12.0 Å². The Morgan fingerprint density at radius 3 is 2.85 bits per heavy atom. The van der Waals surface area contributed by atoms with Gasteiger partial charge >= 0.3 is 0 Å². The number of thiophene rings is 1. The van der Waals surface area contributed by atoms with Crippen LogP contribution in [0.15, 0.2) is 59.4 Å². The van der Waals surface area contributed by atoms with Gasteiger partial charge in [-0.2, -0.15) is 0 Å². The Kier molecular flexibility index (Phi) is 8.05. The van der Waals surface area contributed by atoms with Crippen molar-refractivity contribution in [3.63, 3.8) is 0 Å². The highest BCUT2D eigenvalue weighted by Gasteiger charge is 2.06. The molecule has 138 valence electrons. The van der Waals surface area contributed by atoms with Crippen LogP contribution in [0.3, 0.4) is 0 Å². The average molecular weight is 485 g/mol. The number of rotatable bonds is 6. The number of imidazole rings is 1. The van der Waals surface area contributed by atoms with E-state index < -0.39 is 0 Å². The molecule has 2 N–H and O–H groups in total. The topological polar surface area (TPSA) is 54.2 Å². The molecule has 2 aromatic heterocycles. The minimum absolute atomic E-state index is 0. The lowest BCUT2D eigenvalue weighted by Crippen LogP contribution is -2.37. The quantitative estimate of drug-likeness (QED) is 0.319. The summed E-state index contributed by atoms with van der Waals surface area (Å²) >= 11 is 1.75. The smallest absolute Gasteiger partial charge is 0.191 e. The van der Waals surface area contributed by atoms with Crippen LogP contribution >= 0.6 is 35.3 Å². The van der Waals surface area contributed by atoms with Crippen LogP contribution in [0.2, 0.25) is 0 Å². The Hall–Kier alpha value is -1.94. The van der Waals surface area contributed by atoms with Crippen LogP contribution in [0, 0.1) is 5.82 Å². The predicted octanol–water partition coefficient (Wildman–Crippen LogP) is 3.60. The second-order valence-corrected chi connectivity index (χ2v) is 6.47. The van der Waals surface area contributed by atoms with Gasteiger partial charge in [0, 0.05) is 37.4 Å². The summed E-state index contributed by atoms with van der Waals surface area (Å²) in [6.07, 6.45) is 5.87. The van der Waals surface area contributed by atoms with Crippen molar-refractivity contribution in [1.29, 1.82) is 0 Å². The molecule has 0 radical (unpaired) electrons. The van der Waals surface area contributed by atoms with Crippen molar-refractivity contribution in [3.05, 3.63) is 70.7 Å². The van der Waals surface area contributed by atoms with E-state index in [0.29, 0.717) is 18.2 Å². The van der Waals surface area contributed by atoms with Gasteiger partial charge in [-0.3, -0.25) is 4.99 Å². The number of aliphatic imine (C=N–C) groups is 1. The highest BCUT2D eigenvalue weighted by Crippen LogP contribution is 2.15. The summed E-state index contributed by atoms with van der Waals surface area (Å²) < 4.78 is 15.9. The summed E-state index contributed by atoms with van der Waals surface area (Å²) in [6, 6.07) is 9.34. The van der Waals surface area contributed by atoms with Gasteiger partial charge in [-0.25, -0.2) is 9.37 Å². The van der Waals surface area contributed by atoms with Crippen LogP contribution in [0.5, 0.6) is 0 Å². The molecule has 0 aliphatic heterocycles. The van der Waals surface area contributed by atoms with Crippen LogP contribution in [-0.4, -0.2) is 29.1 Å². The van der Waals surface area contributed by atoms with E-state index in [1.807, 2.05) is 6.07 Å². The number of hydrogen-bond donors (Lipinski definition) is 2. The number of halogens is 2. The van der Waals surface area contributed by atoms with Crippen LogP contribution in [0.25, 0.3) is 5.69 Å². The molecule has 0 aliphatic rings. The lowest BCUT2D eigenvalue weighted by Gasteiger charge is -2.12. The molecule has 2 heterocycles. The fourth-order valence-corrected chi connectivity index (χ4v) is 3.15.